The third kappa shape index (κ3) is 1.05. The van der Waals surface area contributed by atoms with Gasteiger partial charge in [-0.3, -0.25) is 10.1 Å². The van der Waals surface area contributed by atoms with E-state index in [-0.39, 0.29) is 6.04 Å². The molecule has 4 nitrogen and oxygen atoms in total. The first kappa shape index (κ1) is 5.22. The molecule has 10 heavy (non-hydrogen) atoms. The molecule has 0 saturated carbocycles. The molecule has 0 spiro atoms. The predicted molar refractivity (Wildman–Crippen MR) is 34.8 cm³/mol. The van der Waals surface area contributed by atoms with Crippen LogP contribution in [0.4, 0.5) is 5.69 Å². The van der Waals surface area contributed by atoms with E-state index in [4.69, 9.17) is 6.48 Å². The van der Waals surface area contributed by atoms with Gasteiger partial charge in [-0.25, -0.2) is 0 Å². The summed E-state index contributed by atoms with van der Waals surface area (Å²) in [6, 6.07) is 3.52. The van der Waals surface area contributed by atoms with E-state index in [1.165, 1.54) is 18.2 Å². The lowest BCUT2D eigenvalue weighted by molar-refractivity contribution is -0.385. The van der Waals surface area contributed by atoms with E-state index in [1.54, 1.807) is 0 Å². The van der Waals surface area contributed by atoms with Crippen LogP contribution >= 0.6 is 0 Å². The molecule has 1 aromatic carbocycles. The number of nitro groups is 1. The molecule has 0 aliphatic carbocycles. The van der Waals surface area contributed by atoms with Gasteiger partial charge >= 0.3 is 5.69 Å². The van der Waals surface area contributed by atoms with Gasteiger partial charge in [0.1, 0.15) is 0 Å². The lowest BCUT2D eigenvalue weighted by atomic mass is 10.3. The lowest BCUT2D eigenvalue weighted by Crippen LogP contribution is -1.86. The van der Waals surface area contributed by atoms with Crippen molar-refractivity contribution >= 4 is 5.69 Å². The number of rotatable bonds is 1. The molecule has 0 unspecified atom stereocenters. The Morgan fingerprint density at radius 3 is 2.80 bits per heavy atom. The zero-order valence-corrected chi connectivity index (χ0v) is 4.94. The molecule has 1 N–H and O–H groups in total. The number of nitrogens with zero attached hydrogens (tertiary/aromatic N) is 1. The largest absolute Gasteiger partial charge is 0.502 e. The number of para-hydroxylation sites is 2. The second-order valence-electron chi connectivity index (χ2n) is 1.66. The summed E-state index contributed by atoms with van der Waals surface area (Å²) in [4.78, 5) is 9.39. The zero-order chi connectivity index (χ0) is 8.43. The summed E-state index contributed by atoms with van der Waals surface area (Å²) in [5.41, 5.74) is -0.549. The molecule has 1 aromatic rings. The number of phenols is 1. The van der Waals surface area contributed by atoms with E-state index in [2.05, 4.69) is 0 Å². The van der Waals surface area contributed by atoms with Crippen LogP contribution in [0, 0.1) is 10.1 Å². The Labute approximate surface area is 58.3 Å². The highest BCUT2D eigenvalue weighted by atomic mass is 16.6. The summed E-state index contributed by atoms with van der Waals surface area (Å²) < 4.78 is 7.04. The first-order chi connectivity index (χ1) is 5.13. The van der Waals surface area contributed by atoms with E-state index in [1.807, 2.05) is 0 Å². The maximum atomic E-state index is 10.2. The van der Waals surface area contributed by atoms with Crippen LogP contribution in [-0.4, -0.2) is 10.0 Å². The van der Waals surface area contributed by atoms with Crippen LogP contribution in [-0.2, 0) is 0 Å². The second-order valence-corrected chi connectivity index (χ2v) is 1.66. The highest BCUT2D eigenvalue weighted by Crippen LogP contribution is 2.23. The Balaban J connectivity index is 3.32. The van der Waals surface area contributed by atoms with Crippen molar-refractivity contribution in [2.45, 2.75) is 0 Å². The summed E-state index contributed by atoms with van der Waals surface area (Å²) in [6.45, 7) is 0. The number of nitro benzene ring substituents is 1. The normalized spacial score (nSPS) is 10.6. The van der Waals surface area contributed by atoms with Gasteiger partial charge in [-0.1, -0.05) is 12.1 Å². The minimum atomic E-state index is -0.780. The van der Waals surface area contributed by atoms with Crippen LogP contribution in [0.15, 0.2) is 24.2 Å². The number of aromatic hydroxyl groups is 1. The quantitative estimate of drug-likeness (QED) is 0.472. The Bertz CT molecular complexity index is 280. The first-order valence-corrected chi connectivity index (χ1v) is 2.56. The minimum Gasteiger partial charge on any atom is -0.502 e. The number of benzene rings is 1. The van der Waals surface area contributed by atoms with Crippen molar-refractivity contribution in [3.05, 3.63) is 34.4 Å². The third-order valence-electron chi connectivity index (χ3n) is 0.996. The van der Waals surface area contributed by atoms with Crippen LogP contribution in [0.5, 0.6) is 5.75 Å². The fraction of sp³-hybridized carbons (Fsp3) is 0. The maximum absolute atomic E-state index is 10.2. The molecule has 0 aliphatic rings. The van der Waals surface area contributed by atoms with Gasteiger partial charge in [0, 0.05) is 6.04 Å². The van der Waals surface area contributed by atoms with E-state index in [9.17, 15) is 10.1 Å². The van der Waals surface area contributed by atoms with Gasteiger partial charge < -0.3 is 5.11 Å². The monoisotopic (exact) mass is 140 g/mol. The van der Waals surface area contributed by atoms with Gasteiger partial charge in [0.25, 0.3) is 0 Å². The molecule has 4 heteroatoms. The summed E-state index contributed by atoms with van der Waals surface area (Å²) >= 11 is 0. The topological polar surface area (TPSA) is 63.4 Å². The molecule has 0 radical (unpaired) electrons. The molecule has 0 aliphatic heterocycles. The van der Waals surface area contributed by atoms with Crippen molar-refractivity contribution in [3.63, 3.8) is 0 Å². The van der Waals surface area contributed by atoms with E-state index >= 15 is 0 Å². The first-order valence-electron chi connectivity index (χ1n) is 3.06. The molecule has 0 fully saturated rings. The van der Waals surface area contributed by atoms with E-state index in [0.29, 0.717) is 0 Å². The van der Waals surface area contributed by atoms with Gasteiger partial charge in [0.15, 0.2) is 5.75 Å². The second kappa shape index (κ2) is 2.34. The van der Waals surface area contributed by atoms with Gasteiger partial charge in [0.2, 0.25) is 0 Å². The van der Waals surface area contributed by atoms with Crippen molar-refractivity contribution in [1.82, 2.24) is 0 Å². The third-order valence-corrected chi connectivity index (χ3v) is 0.996. The van der Waals surface area contributed by atoms with Gasteiger partial charge in [-0.15, -0.1) is 0 Å². The molecule has 0 atom stereocenters. The summed E-state index contributed by atoms with van der Waals surface area (Å²) in [6.07, 6.45) is 0. The number of hydrogen-bond acceptors (Lipinski definition) is 3. The van der Waals surface area contributed by atoms with Crippen LogP contribution in [0.3, 0.4) is 0 Å². The Morgan fingerprint density at radius 2 is 2.40 bits per heavy atom. The average molecular weight is 140 g/mol. The van der Waals surface area contributed by atoms with Crippen LogP contribution < -0.4 is 0 Å². The molecule has 52 valence electrons. The summed E-state index contributed by atoms with van der Waals surface area (Å²) in [5, 5.41) is 19.1. The molecule has 0 amide bonds. The lowest BCUT2D eigenvalue weighted by Gasteiger charge is -1.91. The van der Waals surface area contributed by atoms with Crippen molar-refractivity contribution in [2.75, 3.05) is 0 Å². The maximum Gasteiger partial charge on any atom is 0.310 e. The molecule has 0 aromatic heterocycles. The van der Waals surface area contributed by atoms with Crippen LogP contribution in [0.1, 0.15) is 1.37 Å². The van der Waals surface area contributed by atoms with Crippen molar-refractivity contribution < 1.29 is 11.4 Å². The van der Waals surface area contributed by atoms with Crippen molar-refractivity contribution in [3.8, 4) is 5.75 Å². The highest BCUT2D eigenvalue weighted by molar-refractivity contribution is 5.44. The van der Waals surface area contributed by atoms with Crippen LogP contribution in [0.2, 0.25) is 0 Å². The fourth-order valence-corrected chi connectivity index (χ4v) is 0.565. The van der Waals surface area contributed by atoms with Gasteiger partial charge in [-0.2, -0.15) is 0 Å². The highest BCUT2D eigenvalue weighted by Gasteiger charge is 2.09. The summed E-state index contributed by atoms with van der Waals surface area (Å²) in [5.74, 6) is -0.470. The Hall–Kier alpha value is -1.58. The molecule has 0 saturated heterocycles. The Kier molecular flexibility index (Phi) is 1.23. The molecule has 1 rings (SSSR count). The smallest absolute Gasteiger partial charge is 0.310 e. The molecular formula is C6H5NO3. The van der Waals surface area contributed by atoms with Crippen molar-refractivity contribution in [1.29, 1.82) is 0 Å². The van der Waals surface area contributed by atoms with Crippen LogP contribution in [0.25, 0.3) is 0 Å². The predicted octanol–water partition coefficient (Wildman–Crippen LogP) is 1.30. The summed E-state index contributed by atoms with van der Waals surface area (Å²) in [7, 11) is 0. The van der Waals surface area contributed by atoms with Crippen molar-refractivity contribution in [2.24, 2.45) is 0 Å². The van der Waals surface area contributed by atoms with Gasteiger partial charge in [0.05, 0.1) is 6.29 Å². The fourth-order valence-electron chi connectivity index (χ4n) is 0.565. The number of hydrogen-bond donors (Lipinski definition) is 1. The zero-order valence-electron chi connectivity index (χ0n) is 5.94. The van der Waals surface area contributed by atoms with Gasteiger partial charge in [-0.05, 0) is 6.07 Å². The molecule has 0 bridgehead atoms. The Morgan fingerprint density at radius 1 is 1.70 bits per heavy atom. The molecule has 0 heterocycles. The minimum absolute atomic E-state index is 0.282. The van der Waals surface area contributed by atoms with E-state index in [0.717, 1.165) is 0 Å². The van der Waals surface area contributed by atoms with E-state index < -0.39 is 16.4 Å². The SMILES string of the molecule is [2H]c1cccc(O)c1[N+](=O)[O-]. The average Bonchev–Trinajstić information content (AvgIpc) is 1.85. The number of phenolic OH excluding ortho intramolecular Hbond substituents is 1. The standard InChI is InChI=1S/C6H5NO3/c8-6-4-2-1-3-5(6)7(9)10/h1-4,8H/i3D. The molecular weight excluding hydrogens is 134 g/mol.